The fraction of sp³-hybridized carbons (Fsp3) is 0.417. The van der Waals surface area contributed by atoms with Crippen LogP contribution < -0.4 is 5.32 Å². The summed E-state index contributed by atoms with van der Waals surface area (Å²) in [6.45, 7) is 1.16. The summed E-state index contributed by atoms with van der Waals surface area (Å²) in [5, 5.41) is 4.12. The van der Waals surface area contributed by atoms with E-state index < -0.39 is 0 Å². The molecular formula is C12H13ClN2. The minimum absolute atomic E-state index is 0.534. The van der Waals surface area contributed by atoms with E-state index >= 15 is 0 Å². The molecule has 0 radical (unpaired) electrons. The number of rotatable bonds is 1. The summed E-state index contributed by atoms with van der Waals surface area (Å²) >= 11 is 5.78. The van der Waals surface area contributed by atoms with Crippen LogP contribution in [0.2, 0.25) is 5.15 Å². The van der Waals surface area contributed by atoms with Crippen molar-refractivity contribution in [1.82, 2.24) is 10.3 Å². The van der Waals surface area contributed by atoms with Crippen molar-refractivity contribution in [3.63, 3.8) is 0 Å². The average Bonchev–Trinajstić information content (AvgIpc) is 2.63. The summed E-state index contributed by atoms with van der Waals surface area (Å²) in [4.78, 5) is 4.13. The SMILES string of the molecule is Clc1ccc(C2=CCC3CNC2C3)cn1. The van der Waals surface area contributed by atoms with Gasteiger partial charge in [0.25, 0.3) is 0 Å². The van der Waals surface area contributed by atoms with E-state index in [4.69, 9.17) is 11.6 Å². The predicted molar refractivity (Wildman–Crippen MR) is 61.7 cm³/mol. The first-order chi connectivity index (χ1) is 7.33. The molecule has 1 aromatic rings. The van der Waals surface area contributed by atoms with Crippen molar-refractivity contribution in [1.29, 1.82) is 0 Å². The molecule has 2 aliphatic rings. The molecular weight excluding hydrogens is 208 g/mol. The van der Waals surface area contributed by atoms with Crippen LogP contribution in [-0.2, 0) is 0 Å². The Kier molecular flexibility index (Phi) is 2.26. The van der Waals surface area contributed by atoms with Crippen LogP contribution in [0, 0.1) is 5.92 Å². The molecule has 0 aromatic carbocycles. The van der Waals surface area contributed by atoms with E-state index in [1.54, 1.807) is 0 Å². The summed E-state index contributed by atoms with van der Waals surface area (Å²) in [5.74, 6) is 0.846. The third-order valence-corrected chi connectivity index (χ3v) is 3.55. The maximum Gasteiger partial charge on any atom is 0.129 e. The van der Waals surface area contributed by atoms with E-state index in [1.807, 2.05) is 12.3 Å². The predicted octanol–water partition coefficient (Wildman–Crippen LogP) is 2.50. The normalized spacial score (nSPS) is 29.0. The highest BCUT2D eigenvalue weighted by molar-refractivity contribution is 6.29. The summed E-state index contributed by atoms with van der Waals surface area (Å²) < 4.78 is 0. The van der Waals surface area contributed by atoms with Crippen LogP contribution in [0.5, 0.6) is 0 Å². The van der Waals surface area contributed by atoms with Gasteiger partial charge < -0.3 is 5.32 Å². The number of nitrogens with zero attached hydrogens (tertiary/aromatic N) is 1. The summed E-state index contributed by atoms with van der Waals surface area (Å²) in [7, 11) is 0. The van der Waals surface area contributed by atoms with Crippen molar-refractivity contribution in [2.75, 3.05) is 6.54 Å². The molecule has 1 aliphatic heterocycles. The van der Waals surface area contributed by atoms with Gasteiger partial charge in [-0.05, 0) is 42.5 Å². The highest BCUT2D eigenvalue weighted by Gasteiger charge is 2.30. The summed E-state index contributed by atoms with van der Waals surface area (Å²) in [6.07, 6.45) is 6.69. The molecule has 1 aromatic heterocycles. The number of pyridine rings is 1. The zero-order chi connectivity index (χ0) is 10.3. The standard InChI is InChI=1S/C12H13ClN2/c13-12-4-2-9(7-15-12)10-3-1-8-5-11(10)14-6-8/h2-4,7-8,11,14H,1,5-6H2. The van der Waals surface area contributed by atoms with Gasteiger partial charge in [0.15, 0.2) is 0 Å². The van der Waals surface area contributed by atoms with E-state index in [0.717, 1.165) is 12.5 Å². The second-order valence-corrected chi connectivity index (χ2v) is 4.71. The highest BCUT2D eigenvalue weighted by atomic mass is 35.5. The Morgan fingerprint density at radius 2 is 2.33 bits per heavy atom. The molecule has 1 aliphatic carbocycles. The molecule has 3 heteroatoms. The van der Waals surface area contributed by atoms with E-state index in [2.05, 4.69) is 22.4 Å². The van der Waals surface area contributed by atoms with Crippen LogP contribution in [0.25, 0.3) is 5.57 Å². The maximum absolute atomic E-state index is 5.78. The van der Waals surface area contributed by atoms with Gasteiger partial charge in [-0.25, -0.2) is 4.98 Å². The molecule has 2 atom stereocenters. The molecule has 2 unspecified atom stereocenters. The lowest BCUT2D eigenvalue weighted by Crippen LogP contribution is -2.22. The van der Waals surface area contributed by atoms with Gasteiger partial charge >= 0.3 is 0 Å². The molecule has 2 bridgehead atoms. The number of halogens is 1. The minimum atomic E-state index is 0.534. The van der Waals surface area contributed by atoms with Gasteiger partial charge in [-0.15, -0.1) is 0 Å². The fourth-order valence-corrected chi connectivity index (χ4v) is 2.64. The Morgan fingerprint density at radius 1 is 1.40 bits per heavy atom. The molecule has 3 rings (SSSR count). The second-order valence-electron chi connectivity index (χ2n) is 4.33. The first-order valence-electron chi connectivity index (χ1n) is 5.38. The average molecular weight is 221 g/mol. The van der Waals surface area contributed by atoms with Gasteiger partial charge in [0.1, 0.15) is 5.15 Å². The summed E-state index contributed by atoms with van der Waals surface area (Å²) in [6, 6.07) is 4.45. The molecule has 0 amide bonds. The maximum atomic E-state index is 5.78. The first-order valence-corrected chi connectivity index (χ1v) is 5.76. The number of hydrogen-bond donors (Lipinski definition) is 1. The van der Waals surface area contributed by atoms with Crippen LogP contribution in [0.1, 0.15) is 18.4 Å². The van der Waals surface area contributed by atoms with Crippen molar-refractivity contribution in [2.45, 2.75) is 18.9 Å². The molecule has 1 fully saturated rings. The van der Waals surface area contributed by atoms with Crippen molar-refractivity contribution in [3.05, 3.63) is 35.1 Å². The smallest absolute Gasteiger partial charge is 0.129 e. The van der Waals surface area contributed by atoms with Crippen molar-refractivity contribution < 1.29 is 0 Å². The lowest BCUT2D eigenvalue weighted by Gasteiger charge is -2.19. The van der Waals surface area contributed by atoms with Crippen molar-refractivity contribution in [3.8, 4) is 0 Å². The van der Waals surface area contributed by atoms with Crippen LogP contribution in [-0.4, -0.2) is 17.6 Å². The quantitative estimate of drug-likeness (QED) is 0.736. The van der Waals surface area contributed by atoms with Crippen molar-refractivity contribution >= 4 is 17.2 Å². The van der Waals surface area contributed by atoms with Gasteiger partial charge in [0, 0.05) is 12.2 Å². The number of aromatic nitrogens is 1. The molecule has 15 heavy (non-hydrogen) atoms. The monoisotopic (exact) mass is 220 g/mol. The van der Waals surface area contributed by atoms with Crippen LogP contribution in [0.4, 0.5) is 0 Å². The van der Waals surface area contributed by atoms with E-state index in [0.29, 0.717) is 11.2 Å². The largest absolute Gasteiger partial charge is 0.310 e. The lowest BCUT2D eigenvalue weighted by molar-refractivity contribution is 0.574. The molecule has 0 spiro atoms. The van der Waals surface area contributed by atoms with Crippen molar-refractivity contribution in [2.24, 2.45) is 5.92 Å². The molecule has 78 valence electrons. The zero-order valence-electron chi connectivity index (χ0n) is 8.41. The number of fused-ring (bicyclic) bond motifs is 2. The van der Waals surface area contributed by atoms with Gasteiger partial charge in [-0.1, -0.05) is 23.7 Å². The molecule has 0 saturated carbocycles. The third-order valence-electron chi connectivity index (χ3n) is 3.33. The minimum Gasteiger partial charge on any atom is -0.310 e. The van der Waals surface area contributed by atoms with Crippen LogP contribution in [0.3, 0.4) is 0 Å². The van der Waals surface area contributed by atoms with Gasteiger partial charge in [-0.2, -0.15) is 0 Å². The number of allylic oxidation sites excluding steroid dienone is 1. The van der Waals surface area contributed by atoms with E-state index in [1.165, 1.54) is 24.0 Å². The Labute approximate surface area is 94.4 Å². The van der Waals surface area contributed by atoms with Gasteiger partial charge in [0.2, 0.25) is 0 Å². The topological polar surface area (TPSA) is 24.9 Å². The fourth-order valence-electron chi connectivity index (χ4n) is 2.53. The van der Waals surface area contributed by atoms with Crippen LogP contribution >= 0.6 is 11.6 Å². The zero-order valence-corrected chi connectivity index (χ0v) is 9.17. The van der Waals surface area contributed by atoms with E-state index in [-0.39, 0.29) is 0 Å². The third kappa shape index (κ3) is 1.68. The van der Waals surface area contributed by atoms with E-state index in [9.17, 15) is 0 Å². The molecule has 1 saturated heterocycles. The van der Waals surface area contributed by atoms with Gasteiger partial charge in [0.05, 0.1) is 0 Å². The Bertz CT molecular complexity index is 397. The highest BCUT2D eigenvalue weighted by Crippen LogP contribution is 2.34. The summed E-state index contributed by atoms with van der Waals surface area (Å²) in [5.41, 5.74) is 2.60. The Hall–Kier alpha value is -0.860. The molecule has 2 nitrogen and oxygen atoms in total. The lowest BCUT2D eigenvalue weighted by atomic mass is 9.87. The van der Waals surface area contributed by atoms with Crippen LogP contribution in [0.15, 0.2) is 24.4 Å². The first kappa shape index (κ1) is 9.37. The molecule has 1 N–H and O–H groups in total. The van der Waals surface area contributed by atoms with Gasteiger partial charge in [-0.3, -0.25) is 0 Å². The number of nitrogens with one attached hydrogen (secondary N) is 1. The second kappa shape index (κ2) is 3.62. The molecule has 2 heterocycles. The Balaban J connectivity index is 1.93. The number of hydrogen-bond acceptors (Lipinski definition) is 2. The Morgan fingerprint density at radius 3 is 3.13 bits per heavy atom.